The van der Waals surface area contributed by atoms with Crippen LogP contribution in [0.1, 0.15) is 20.8 Å². The van der Waals surface area contributed by atoms with Gasteiger partial charge in [-0.3, -0.25) is 9.59 Å². The summed E-state index contributed by atoms with van der Waals surface area (Å²) >= 11 is 0.997. The molecule has 0 atom stereocenters. The molecule has 0 aliphatic carbocycles. The van der Waals surface area contributed by atoms with Gasteiger partial charge in [0.05, 0.1) is 24.0 Å². The van der Waals surface area contributed by atoms with Crippen molar-refractivity contribution >= 4 is 28.6 Å². The molecular weight excluding hydrogens is 216 g/mol. The molecule has 0 aliphatic rings. The highest BCUT2D eigenvalue weighted by atomic mass is 32.1. The zero-order valence-corrected chi connectivity index (χ0v) is 8.76. The quantitative estimate of drug-likeness (QED) is 0.603. The number of nitrogen functional groups attached to an aromatic ring is 1. The van der Waals surface area contributed by atoms with Crippen LogP contribution in [0.15, 0.2) is 0 Å². The Kier molecular flexibility index (Phi) is 3.42. The fraction of sp³-hybridized carbons (Fsp3) is 0.222. The summed E-state index contributed by atoms with van der Waals surface area (Å²) in [5.74, 6) is -0.507. The molecule has 0 aliphatic heterocycles. The van der Waals surface area contributed by atoms with E-state index in [0.29, 0.717) is 16.7 Å². The number of anilines is 1. The van der Waals surface area contributed by atoms with Crippen LogP contribution in [0, 0.1) is 11.3 Å². The number of aldehydes is 1. The van der Waals surface area contributed by atoms with Crippen LogP contribution in [0.5, 0.6) is 0 Å². The number of nitrogens with zero attached hydrogens (tertiary/aromatic N) is 1. The van der Waals surface area contributed by atoms with Gasteiger partial charge in [-0.1, -0.05) is 0 Å². The van der Waals surface area contributed by atoms with Crippen LogP contribution in [-0.2, 0) is 16.0 Å². The van der Waals surface area contributed by atoms with Crippen LogP contribution in [0.3, 0.4) is 0 Å². The van der Waals surface area contributed by atoms with Crippen LogP contribution < -0.4 is 5.73 Å². The number of nitriles is 1. The molecule has 0 saturated heterocycles. The molecule has 0 spiro atoms. The van der Waals surface area contributed by atoms with Crippen molar-refractivity contribution in [1.82, 2.24) is 0 Å². The highest BCUT2D eigenvalue weighted by Gasteiger charge is 2.18. The minimum Gasteiger partial charge on any atom is -0.469 e. The molecule has 0 radical (unpaired) electrons. The van der Waals surface area contributed by atoms with E-state index >= 15 is 0 Å². The second-order valence-corrected chi connectivity index (χ2v) is 3.75. The lowest BCUT2D eigenvalue weighted by atomic mass is 10.1. The molecule has 0 aromatic carbocycles. The average molecular weight is 224 g/mol. The molecule has 5 nitrogen and oxygen atoms in total. The molecule has 0 fully saturated rings. The van der Waals surface area contributed by atoms with E-state index in [0.717, 1.165) is 11.3 Å². The Labute approximate surface area is 90.1 Å². The molecule has 1 aromatic heterocycles. The van der Waals surface area contributed by atoms with Crippen molar-refractivity contribution in [2.45, 2.75) is 6.42 Å². The van der Waals surface area contributed by atoms with Crippen molar-refractivity contribution in [3.63, 3.8) is 0 Å². The molecule has 1 rings (SSSR count). The molecule has 78 valence electrons. The smallest absolute Gasteiger partial charge is 0.310 e. The summed E-state index contributed by atoms with van der Waals surface area (Å²) in [5.41, 5.74) is 6.07. The van der Waals surface area contributed by atoms with E-state index < -0.39 is 5.97 Å². The summed E-state index contributed by atoms with van der Waals surface area (Å²) in [5, 5.41) is 9.05. The van der Waals surface area contributed by atoms with E-state index in [4.69, 9.17) is 11.0 Å². The van der Waals surface area contributed by atoms with Crippen molar-refractivity contribution in [2.24, 2.45) is 0 Å². The Morgan fingerprint density at radius 3 is 2.87 bits per heavy atom. The zero-order chi connectivity index (χ0) is 11.4. The van der Waals surface area contributed by atoms with Gasteiger partial charge in [0.2, 0.25) is 0 Å². The van der Waals surface area contributed by atoms with E-state index in [1.54, 1.807) is 0 Å². The Morgan fingerprint density at radius 1 is 1.73 bits per heavy atom. The largest absolute Gasteiger partial charge is 0.469 e. The summed E-state index contributed by atoms with van der Waals surface area (Å²) in [6.07, 6.45) is 0.474. The molecule has 1 aromatic rings. The second kappa shape index (κ2) is 4.57. The first-order valence-electron chi connectivity index (χ1n) is 3.97. The van der Waals surface area contributed by atoms with Gasteiger partial charge in [-0.15, -0.1) is 11.3 Å². The van der Waals surface area contributed by atoms with Crippen LogP contribution in [0.2, 0.25) is 0 Å². The molecule has 0 unspecified atom stereocenters. The van der Waals surface area contributed by atoms with Gasteiger partial charge < -0.3 is 10.5 Å². The third-order valence-electron chi connectivity index (χ3n) is 1.83. The SMILES string of the molecule is COC(=O)Cc1c(C=O)sc(N)c1C#N. The summed E-state index contributed by atoms with van der Waals surface area (Å²) in [4.78, 5) is 22.0. The number of ether oxygens (including phenoxy) is 1. The molecule has 0 saturated carbocycles. The highest BCUT2D eigenvalue weighted by molar-refractivity contribution is 7.17. The normalized spacial score (nSPS) is 9.33. The standard InChI is InChI=1S/C9H8N2O3S/c1-14-8(13)2-5-6(3-10)9(11)15-7(5)4-12/h4H,2,11H2,1H3. The minimum absolute atomic E-state index is 0.110. The number of rotatable bonds is 3. The molecule has 1 heterocycles. The maximum Gasteiger partial charge on any atom is 0.310 e. The molecule has 6 heteroatoms. The van der Waals surface area contributed by atoms with E-state index in [9.17, 15) is 9.59 Å². The van der Waals surface area contributed by atoms with Crippen LogP contribution >= 0.6 is 11.3 Å². The van der Waals surface area contributed by atoms with Gasteiger partial charge in [0.1, 0.15) is 11.1 Å². The number of carbonyl (C=O) groups is 2. The van der Waals surface area contributed by atoms with Crippen molar-refractivity contribution in [2.75, 3.05) is 12.8 Å². The average Bonchev–Trinajstić information content (AvgIpc) is 2.54. The molecule has 0 amide bonds. The van der Waals surface area contributed by atoms with Crippen molar-refractivity contribution in [3.05, 3.63) is 16.0 Å². The monoisotopic (exact) mass is 224 g/mol. The first-order valence-corrected chi connectivity index (χ1v) is 4.79. The first-order chi connectivity index (χ1) is 7.13. The maximum absolute atomic E-state index is 11.0. The number of methoxy groups -OCH3 is 1. The van der Waals surface area contributed by atoms with Crippen LogP contribution in [0.25, 0.3) is 0 Å². The lowest BCUT2D eigenvalue weighted by Crippen LogP contribution is -2.06. The number of hydrogen-bond donors (Lipinski definition) is 1. The molecule has 2 N–H and O–H groups in total. The summed E-state index contributed by atoms with van der Waals surface area (Å²) in [7, 11) is 1.24. The lowest BCUT2D eigenvalue weighted by molar-refractivity contribution is -0.139. The highest BCUT2D eigenvalue weighted by Crippen LogP contribution is 2.29. The topological polar surface area (TPSA) is 93.2 Å². The Hall–Kier alpha value is -1.87. The van der Waals surface area contributed by atoms with Gasteiger partial charge in [0.25, 0.3) is 0 Å². The third-order valence-corrected chi connectivity index (χ3v) is 2.82. The van der Waals surface area contributed by atoms with Gasteiger partial charge in [0, 0.05) is 5.56 Å². The molecule has 15 heavy (non-hydrogen) atoms. The number of carbonyl (C=O) groups excluding carboxylic acids is 2. The predicted octanol–water partition coefficient (Wildman–Crippen LogP) is 0.730. The minimum atomic E-state index is -0.507. The third kappa shape index (κ3) is 2.14. The summed E-state index contributed by atoms with van der Waals surface area (Å²) < 4.78 is 4.46. The Balaban J connectivity index is 3.19. The predicted molar refractivity (Wildman–Crippen MR) is 54.6 cm³/mol. The Bertz CT molecular complexity index is 445. The van der Waals surface area contributed by atoms with Gasteiger partial charge in [-0.25, -0.2) is 0 Å². The lowest BCUT2D eigenvalue weighted by Gasteiger charge is -1.98. The van der Waals surface area contributed by atoms with Gasteiger partial charge in [-0.2, -0.15) is 5.26 Å². The summed E-state index contributed by atoms with van der Waals surface area (Å²) in [6.45, 7) is 0. The number of hydrogen-bond acceptors (Lipinski definition) is 6. The van der Waals surface area contributed by atoms with Crippen molar-refractivity contribution in [1.29, 1.82) is 5.26 Å². The van der Waals surface area contributed by atoms with E-state index in [-0.39, 0.29) is 17.0 Å². The maximum atomic E-state index is 11.0. The van der Waals surface area contributed by atoms with Gasteiger partial charge in [-0.05, 0) is 0 Å². The van der Waals surface area contributed by atoms with Crippen LogP contribution in [0.4, 0.5) is 5.00 Å². The van der Waals surface area contributed by atoms with E-state index in [2.05, 4.69) is 4.74 Å². The first kappa shape index (κ1) is 11.2. The van der Waals surface area contributed by atoms with E-state index in [1.807, 2.05) is 6.07 Å². The van der Waals surface area contributed by atoms with Crippen molar-refractivity contribution < 1.29 is 14.3 Å². The fourth-order valence-electron chi connectivity index (χ4n) is 1.11. The van der Waals surface area contributed by atoms with Crippen LogP contribution in [-0.4, -0.2) is 19.4 Å². The number of esters is 1. The molecular formula is C9H8N2O3S. The molecule has 0 bridgehead atoms. The van der Waals surface area contributed by atoms with Gasteiger partial charge >= 0.3 is 5.97 Å². The van der Waals surface area contributed by atoms with Crippen molar-refractivity contribution in [3.8, 4) is 6.07 Å². The summed E-state index contributed by atoms with van der Waals surface area (Å²) in [6, 6.07) is 1.87. The van der Waals surface area contributed by atoms with E-state index in [1.165, 1.54) is 7.11 Å². The number of thiophene rings is 1. The number of nitrogens with two attached hydrogens (primary N) is 1. The fourth-order valence-corrected chi connectivity index (χ4v) is 1.97. The van der Waals surface area contributed by atoms with Gasteiger partial charge in [0.15, 0.2) is 6.29 Å². The zero-order valence-electron chi connectivity index (χ0n) is 7.94. The Morgan fingerprint density at radius 2 is 2.40 bits per heavy atom. The second-order valence-electron chi connectivity index (χ2n) is 2.67.